The lowest BCUT2D eigenvalue weighted by Gasteiger charge is -2.22. The Morgan fingerprint density at radius 2 is 2.22 bits per heavy atom. The van der Waals surface area contributed by atoms with Crippen LogP contribution < -0.4 is 0 Å². The Bertz CT molecular complexity index is 506. The molecule has 0 saturated carbocycles. The van der Waals surface area contributed by atoms with Crippen molar-refractivity contribution in [2.45, 2.75) is 19.4 Å². The van der Waals surface area contributed by atoms with Crippen molar-refractivity contribution in [3.05, 3.63) is 63.9 Å². The first-order chi connectivity index (χ1) is 8.66. The maximum Gasteiger partial charge on any atom is 0.269 e. The lowest BCUT2D eigenvalue weighted by molar-refractivity contribution is -0.384. The predicted octanol–water partition coefficient (Wildman–Crippen LogP) is 3.26. The van der Waals surface area contributed by atoms with Crippen LogP contribution in [0.4, 0.5) is 5.69 Å². The molecule has 0 fully saturated rings. The van der Waals surface area contributed by atoms with Crippen molar-refractivity contribution in [3.8, 4) is 0 Å². The number of allylic oxidation sites excluding steroid dienone is 3. The minimum absolute atomic E-state index is 0.147. The van der Waals surface area contributed by atoms with Crippen molar-refractivity contribution in [1.29, 1.82) is 0 Å². The molecule has 1 aromatic carbocycles. The highest BCUT2D eigenvalue weighted by molar-refractivity contribution is 5.34. The Hall–Kier alpha value is -2.10. The van der Waals surface area contributed by atoms with Gasteiger partial charge in [-0.25, -0.2) is 0 Å². The summed E-state index contributed by atoms with van der Waals surface area (Å²) >= 11 is 0. The van der Waals surface area contributed by atoms with Crippen molar-refractivity contribution in [2.24, 2.45) is 0 Å². The third-order valence-electron chi connectivity index (χ3n) is 2.96. The molecule has 4 heteroatoms. The lowest BCUT2D eigenvalue weighted by Crippen LogP contribution is -2.16. The van der Waals surface area contributed by atoms with Crippen LogP contribution in [0.1, 0.15) is 18.4 Å². The smallest absolute Gasteiger partial charge is 0.269 e. The summed E-state index contributed by atoms with van der Waals surface area (Å²) in [6.45, 7) is 0.678. The summed E-state index contributed by atoms with van der Waals surface area (Å²) in [5, 5.41) is 10.7. The zero-order valence-electron chi connectivity index (χ0n) is 10.4. The van der Waals surface area contributed by atoms with Gasteiger partial charge >= 0.3 is 0 Å². The summed E-state index contributed by atoms with van der Waals surface area (Å²) in [5.74, 6) is 0. The number of hydrogen-bond acceptors (Lipinski definition) is 3. The van der Waals surface area contributed by atoms with E-state index in [0.717, 1.165) is 18.4 Å². The fourth-order valence-corrected chi connectivity index (χ4v) is 2.02. The summed E-state index contributed by atoms with van der Waals surface area (Å²) in [7, 11) is 2.00. The van der Waals surface area contributed by atoms with Crippen molar-refractivity contribution in [3.63, 3.8) is 0 Å². The molecule has 2 rings (SSSR count). The predicted molar refractivity (Wildman–Crippen MR) is 71.0 cm³/mol. The highest BCUT2D eigenvalue weighted by Crippen LogP contribution is 2.18. The molecular weight excluding hydrogens is 228 g/mol. The van der Waals surface area contributed by atoms with Crippen LogP contribution in [0.2, 0.25) is 0 Å². The molecular formula is C14H16N2O2. The molecule has 0 saturated heterocycles. The van der Waals surface area contributed by atoms with E-state index in [1.165, 1.54) is 11.8 Å². The monoisotopic (exact) mass is 244 g/mol. The average Bonchev–Trinajstić information content (AvgIpc) is 2.40. The molecule has 0 heterocycles. The molecule has 0 unspecified atom stereocenters. The average molecular weight is 244 g/mol. The van der Waals surface area contributed by atoms with E-state index in [-0.39, 0.29) is 10.6 Å². The molecule has 0 atom stereocenters. The largest absolute Gasteiger partial charge is 0.371 e. The van der Waals surface area contributed by atoms with Crippen LogP contribution in [0.5, 0.6) is 0 Å². The zero-order valence-corrected chi connectivity index (χ0v) is 10.4. The van der Waals surface area contributed by atoms with Crippen LogP contribution in [0, 0.1) is 10.1 Å². The number of benzene rings is 1. The lowest BCUT2D eigenvalue weighted by atomic mass is 10.1. The van der Waals surface area contributed by atoms with Crippen molar-refractivity contribution >= 4 is 5.69 Å². The van der Waals surface area contributed by atoms with Gasteiger partial charge in [0.2, 0.25) is 0 Å². The van der Waals surface area contributed by atoms with Gasteiger partial charge in [-0.2, -0.15) is 0 Å². The molecule has 1 aliphatic carbocycles. The maximum atomic E-state index is 10.7. The second-order valence-electron chi connectivity index (χ2n) is 4.39. The maximum absolute atomic E-state index is 10.7. The number of non-ortho nitro benzene ring substituents is 1. The van der Waals surface area contributed by atoms with Gasteiger partial charge in [0, 0.05) is 31.4 Å². The molecule has 0 aliphatic heterocycles. The Morgan fingerprint density at radius 3 is 2.89 bits per heavy atom. The van der Waals surface area contributed by atoms with E-state index in [2.05, 4.69) is 23.1 Å². The Labute approximate surface area is 106 Å². The second kappa shape index (κ2) is 5.49. The van der Waals surface area contributed by atoms with E-state index in [4.69, 9.17) is 0 Å². The van der Waals surface area contributed by atoms with Crippen LogP contribution >= 0.6 is 0 Å². The van der Waals surface area contributed by atoms with Gasteiger partial charge < -0.3 is 4.90 Å². The fraction of sp³-hybridized carbons (Fsp3) is 0.286. The van der Waals surface area contributed by atoms with Gasteiger partial charge in [0.15, 0.2) is 0 Å². The van der Waals surface area contributed by atoms with Crippen LogP contribution in [-0.4, -0.2) is 16.9 Å². The topological polar surface area (TPSA) is 46.4 Å². The molecule has 0 amide bonds. The SMILES string of the molecule is CN(Cc1cccc([N+](=O)[O-])c1)C1=CCCC=C1. The van der Waals surface area contributed by atoms with E-state index in [1.807, 2.05) is 13.1 Å². The van der Waals surface area contributed by atoms with Crippen LogP contribution in [0.3, 0.4) is 0 Å². The number of nitrogens with zero attached hydrogens (tertiary/aromatic N) is 2. The minimum Gasteiger partial charge on any atom is -0.371 e. The van der Waals surface area contributed by atoms with E-state index in [0.29, 0.717) is 6.54 Å². The van der Waals surface area contributed by atoms with Gasteiger partial charge in [-0.1, -0.05) is 24.3 Å². The molecule has 0 spiro atoms. The van der Waals surface area contributed by atoms with Gasteiger partial charge in [0.1, 0.15) is 0 Å². The summed E-state index contributed by atoms with van der Waals surface area (Å²) in [6.07, 6.45) is 8.59. The van der Waals surface area contributed by atoms with E-state index in [1.54, 1.807) is 12.1 Å². The molecule has 1 aliphatic rings. The van der Waals surface area contributed by atoms with E-state index in [9.17, 15) is 10.1 Å². The molecule has 0 N–H and O–H groups in total. The summed E-state index contributed by atoms with van der Waals surface area (Å²) < 4.78 is 0. The summed E-state index contributed by atoms with van der Waals surface area (Å²) in [4.78, 5) is 12.5. The molecule has 4 nitrogen and oxygen atoms in total. The van der Waals surface area contributed by atoms with E-state index < -0.39 is 0 Å². The normalized spacial score (nSPS) is 14.2. The first-order valence-electron chi connectivity index (χ1n) is 5.98. The van der Waals surface area contributed by atoms with Gasteiger partial charge in [0.25, 0.3) is 5.69 Å². The quantitative estimate of drug-likeness (QED) is 0.603. The fourth-order valence-electron chi connectivity index (χ4n) is 2.02. The van der Waals surface area contributed by atoms with Gasteiger partial charge in [-0.05, 0) is 24.5 Å². The molecule has 0 bridgehead atoms. The second-order valence-corrected chi connectivity index (χ2v) is 4.39. The van der Waals surface area contributed by atoms with Crippen molar-refractivity contribution in [2.75, 3.05) is 7.05 Å². The number of rotatable bonds is 4. The molecule has 18 heavy (non-hydrogen) atoms. The highest BCUT2D eigenvalue weighted by Gasteiger charge is 2.09. The number of nitro groups is 1. The van der Waals surface area contributed by atoms with E-state index >= 15 is 0 Å². The third-order valence-corrected chi connectivity index (χ3v) is 2.96. The Morgan fingerprint density at radius 1 is 1.39 bits per heavy atom. The number of nitro benzene ring substituents is 1. The molecule has 1 aromatic rings. The van der Waals surface area contributed by atoms with Crippen LogP contribution in [0.15, 0.2) is 48.2 Å². The summed E-state index contributed by atoms with van der Waals surface area (Å²) in [6, 6.07) is 6.79. The van der Waals surface area contributed by atoms with Crippen LogP contribution in [0.25, 0.3) is 0 Å². The van der Waals surface area contributed by atoms with Crippen molar-refractivity contribution < 1.29 is 4.92 Å². The first kappa shape index (κ1) is 12.4. The minimum atomic E-state index is -0.358. The Kier molecular flexibility index (Phi) is 3.77. The molecule has 0 aromatic heterocycles. The van der Waals surface area contributed by atoms with Gasteiger partial charge in [0.05, 0.1) is 4.92 Å². The highest BCUT2D eigenvalue weighted by atomic mass is 16.6. The van der Waals surface area contributed by atoms with Gasteiger partial charge in [-0.15, -0.1) is 0 Å². The molecule has 94 valence electrons. The Balaban J connectivity index is 2.09. The molecule has 0 radical (unpaired) electrons. The third kappa shape index (κ3) is 2.97. The zero-order chi connectivity index (χ0) is 13.0. The standard InChI is InChI=1S/C14H16N2O2/c1-15(13-7-3-2-4-8-13)11-12-6-5-9-14(10-12)16(17)18/h3,5-10H,2,4,11H2,1H3. The first-order valence-corrected chi connectivity index (χ1v) is 5.98. The number of likely N-dealkylation sites (N-methyl/N-ethyl adjacent to an activating group) is 1. The van der Waals surface area contributed by atoms with Crippen molar-refractivity contribution in [1.82, 2.24) is 4.90 Å². The van der Waals surface area contributed by atoms with Gasteiger partial charge in [-0.3, -0.25) is 10.1 Å². The number of hydrogen-bond donors (Lipinski definition) is 0. The summed E-state index contributed by atoms with van der Waals surface area (Å²) in [5.41, 5.74) is 2.27. The van der Waals surface area contributed by atoms with Crippen LogP contribution in [-0.2, 0) is 6.54 Å².